The van der Waals surface area contributed by atoms with Crippen LogP contribution in [-0.2, 0) is 11.3 Å². The SMILES string of the molecule is Cc1ccc(C(=O)CCC(=O)NCc2ccc(C#N)cc2)cc1C. The molecule has 2 rings (SSSR count). The first-order valence-electron chi connectivity index (χ1n) is 7.86. The Morgan fingerprint density at radius 2 is 1.71 bits per heavy atom. The van der Waals surface area contributed by atoms with Gasteiger partial charge in [0.05, 0.1) is 11.6 Å². The summed E-state index contributed by atoms with van der Waals surface area (Å²) in [5, 5.41) is 11.5. The van der Waals surface area contributed by atoms with E-state index < -0.39 is 0 Å². The van der Waals surface area contributed by atoms with E-state index in [9.17, 15) is 9.59 Å². The Hall–Kier alpha value is -2.93. The van der Waals surface area contributed by atoms with Gasteiger partial charge < -0.3 is 5.32 Å². The van der Waals surface area contributed by atoms with Crippen LogP contribution >= 0.6 is 0 Å². The number of nitrogens with zero attached hydrogens (tertiary/aromatic N) is 1. The van der Waals surface area contributed by atoms with Gasteiger partial charge in [0.1, 0.15) is 0 Å². The van der Waals surface area contributed by atoms with Crippen molar-refractivity contribution in [2.45, 2.75) is 33.2 Å². The predicted octanol–water partition coefficient (Wildman–Crippen LogP) is 3.45. The van der Waals surface area contributed by atoms with Gasteiger partial charge in [0.25, 0.3) is 0 Å². The molecule has 24 heavy (non-hydrogen) atoms. The summed E-state index contributed by atoms with van der Waals surface area (Å²) in [7, 11) is 0. The number of benzene rings is 2. The van der Waals surface area contributed by atoms with Crippen molar-refractivity contribution < 1.29 is 9.59 Å². The van der Waals surface area contributed by atoms with E-state index in [1.54, 1.807) is 30.3 Å². The van der Waals surface area contributed by atoms with E-state index >= 15 is 0 Å². The van der Waals surface area contributed by atoms with Gasteiger partial charge in [-0.05, 0) is 48.7 Å². The summed E-state index contributed by atoms with van der Waals surface area (Å²) in [5.74, 6) is -0.178. The van der Waals surface area contributed by atoms with Crippen molar-refractivity contribution in [3.8, 4) is 6.07 Å². The minimum Gasteiger partial charge on any atom is -0.352 e. The van der Waals surface area contributed by atoms with Gasteiger partial charge in [-0.2, -0.15) is 5.26 Å². The van der Waals surface area contributed by atoms with Crippen molar-refractivity contribution in [2.75, 3.05) is 0 Å². The van der Waals surface area contributed by atoms with E-state index in [0.717, 1.165) is 16.7 Å². The van der Waals surface area contributed by atoms with Crippen LogP contribution in [0, 0.1) is 25.2 Å². The minimum absolute atomic E-state index is 0.0216. The molecule has 0 aliphatic heterocycles. The number of rotatable bonds is 6. The molecule has 122 valence electrons. The zero-order chi connectivity index (χ0) is 17.5. The molecule has 0 radical (unpaired) electrons. The number of aryl methyl sites for hydroxylation is 2. The van der Waals surface area contributed by atoms with Crippen LogP contribution in [0.2, 0.25) is 0 Å². The fraction of sp³-hybridized carbons (Fsp3) is 0.250. The summed E-state index contributed by atoms with van der Waals surface area (Å²) in [6, 6.07) is 14.7. The molecule has 2 aromatic rings. The summed E-state index contributed by atoms with van der Waals surface area (Å²) >= 11 is 0. The first-order chi connectivity index (χ1) is 11.5. The summed E-state index contributed by atoms with van der Waals surface area (Å²) in [5.41, 5.74) is 4.38. The number of nitriles is 1. The number of amides is 1. The van der Waals surface area contributed by atoms with E-state index in [4.69, 9.17) is 5.26 Å². The molecule has 0 fully saturated rings. The van der Waals surface area contributed by atoms with E-state index in [1.807, 2.05) is 32.0 Å². The van der Waals surface area contributed by atoms with Crippen molar-refractivity contribution in [1.82, 2.24) is 5.32 Å². The molecular formula is C20H20N2O2. The monoisotopic (exact) mass is 320 g/mol. The molecule has 0 saturated carbocycles. The maximum absolute atomic E-state index is 12.1. The smallest absolute Gasteiger partial charge is 0.220 e. The molecule has 1 amide bonds. The molecule has 0 unspecified atom stereocenters. The molecule has 1 N–H and O–H groups in total. The van der Waals surface area contributed by atoms with Gasteiger partial charge in [0.2, 0.25) is 5.91 Å². The normalized spacial score (nSPS) is 10.0. The third-order valence-corrected chi connectivity index (χ3v) is 3.98. The topological polar surface area (TPSA) is 70.0 Å². The molecule has 0 heterocycles. The van der Waals surface area contributed by atoms with Gasteiger partial charge >= 0.3 is 0 Å². The number of ketones is 1. The van der Waals surface area contributed by atoms with Gasteiger partial charge in [-0.1, -0.05) is 24.3 Å². The van der Waals surface area contributed by atoms with E-state index in [0.29, 0.717) is 17.7 Å². The second-order valence-corrected chi connectivity index (χ2v) is 5.81. The van der Waals surface area contributed by atoms with Crippen molar-refractivity contribution in [1.29, 1.82) is 5.26 Å². The number of carbonyl (C=O) groups is 2. The first kappa shape index (κ1) is 17.4. The van der Waals surface area contributed by atoms with Crippen molar-refractivity contribution in [3.05, 3.63) is 70.3 Å². The Bertz CT molecular complexity index is 786. The molecule has 0 aliphatic carbocycles. The minimum atomic E-state index is -0.156. The van der Waals surface area contributed by atoms with Crippen LogP contribution in [0.1, 0.15) is 45.5 Å². The molecule has 0 aliphatic rings. The van der Waals surface area contributed by atoms with Gasteiger partial charge in [-0.25, -0.2) is 0 Å². The maximum Gasteiger partial charge on any atom is 0.220 e. The summed E-state index contributed by atoms with van der Waals surface area (Å²) in [4.78, 5) is 24.0. The van der Waals surface area contributed by atoms with Crippen molar-refractivity contribution in [2.24, 2.45) is 0 Å². The number of Topliss-reactive ketones (excluding diaryl/α,β-unsaturated/α-hetero) is 1. The average molecular weight is 320 g/mol. The van der Waals surface area contributed by atoms with Gasteiger partial charge in [0, 0.05) is 24.9 Å². The maximum atomic E-state index is 12.1. The van der Waals surface area contributed by atoms with Crippen LogP contribution in [-0.4, -0.2) is 11.7 Å². The van der Waals surface area contributed by atoms with Crippen LogP contribution in [0.3, 0.4) is 0 Å². The zero-order valence-corrected chi connectivity index (χ0v) is 13.9. The molecule has 4 nitrogen and oxygen atoms in total. The van der Waals surface area contributed by atoms with E-state index in [-0.39, 0.29) is 24.5 Å². The number of nitrogens with one attached hydrogen (secondary N) is 1. The lowest BCUT2D eigenvalue weighted by Gasteiger charge is -2.06. The highest BCUT2D eigenvalue weighted by molar-refractivity contribution is 5.98. The Morgan fingerprint density at radius 3 is 2.33 bits per heavy atom. The molecule has 0 bridgehead atoms. The van der Waals surface area contributed by atoms with E-state index in [1.165, 1.54) is 0 Å². The Labute approximate surface area is 142 Å². The second kappa shape index (κ2) is 8.07. The lowest BCUT2D eigenvalue weighted by atomic mass is 10.0. The molecule has 0 atom stereocenters. The molecule has 0 saturated heterocycles. The fourth-order valence-electron chi connectivity index (χ4n) is 2.27. The highest BCUT2D eigenvalue weighted by Crippen LogP contribution is 2.12. The Kier molecular flexibility index (Phi) is 5.86. The Balaban J connectivity index is 1.80. The molecule has 0 aromatic heterocycles. The quantitative estimate of drug-likeness (QED) is 0.829. The van der Waals surface area contributed by atoms with Crippen molar-refractivity contribution >= 4 is 11.7 Å². The van der Waals surface area contributed by atoms with Crippen LogP contribution in [0.4, 0.5) is 0 Å². The third-order valence-electron chi connectivity index (χ3n) is 3.98. The van der Waals surface area contributed by atoms with Crippen molar-refractivity contribution in [3.63, 3.8) is 0 Å². The third kappa shape index (κ3) is 4.79. The average Bonchev–Trinajstić information content (AvgIpc) is 2.60. The predicted molar refractivity (Wildman–Crippen MR) is 92.5 cm³/mol. The van der Waals surface area contributed by atoms with Gasteiger partial charge in [-0.3, -0.25) is 9.59 Å². The highest BCUT2D eigenvalue weighted by Gasteiger charge is 2.10. The van der Waals surface area contributed by atoms with Gasteiger partial charge in [-0.15, -0.1) is 0 Å². The zero-order valence-electron chi connectivity index (χ0n) is 13.9. The van der Waals surface area contributed by atoms with Crippen LogP contribution in [0.5, 0.6) is 0 Å². The summed E-state index contributed by atoms with van der Waals surface area (Å²) < 4.78 is 0. The largest absolute Gasteiger partial charge is 0.352 e. The number of hydrogen-bond donors (Lipinski definition) is 1. The highest BCUT2D eigenvalue weighted by atomic mass is 16.2. The standard InChI is InChI=1S/C20H20N2O2/c1-14-3-8-18(11-15(14)2)19(23)9-10-20(24)22-13-17-6-4-16(12-21)5-7-17/h3-8,11H,9-10,13H2,1-2H3,(H,22,24). The molecular weight excluding hydrogens is 300 g/mol. The molecule has 4 heteroatoms. The van der Waals surface area contributed by atoms with Crippen LogP contribution < -0.4 is 5.32 Å². The van der Waals surface area contributed by atoms with E-state index in [2.05, 4.69) is 5.32 Å². The van der Waals surface area contributed by atoms with Gasteiger partial charge in [0.15, 0.2) is 5.78 Å². The molecule has 2 aromatic carbocycles. The Morgan fingerprint density at radius 1 is 1.00 bits per heavy atom. The number of hydrogen-bond acceptors (Lipinski definition) is 3. The summed E-state index contributed by atoms with van der Waals surface area (Å²) in [6.45, 7) is 4.36. The number of carbonyl (C=O) groups excluding carboxylic acids is 2. The molecule has 0 spiro atoms. The lowest BCUT2D eigenvalue weighted by Crippen LogP contribution is -2.23. The first-order valence-corrected chi connectivity index (χ1v) is 7.86. The van der Waals surface area contributed by atoms with Crippen LogP contribution in [0.25, 0.3) is 0 Å². The summed E-state index contributed by atoms with van der Waals surface area (Å²) in [6.07, 6.45) is 0.365. The fourth-order valence-corrected chi connectivity index (χ4v) is 2.27. The van der Waals surface area contributed by atoms with Crippen LogP contribution in [0.15, 0.2) is 42.5 Å². The second-order valence-electron chi connectivity index (χ2n) is 5.81. The lowest BCUT2D eigenvalue weighted by molar-refractivity contribution is -0.121.